The quantitative estimate of drug-likeness (QED) is 0.685. The normalized spacial score (nSPS) is 26.5. The van der Waals surface area contributed by atoms with Gasteiger partial charge in [-0.15, -0.1) is 0 Å². The number of anilines is 2. The molecule has 156 valence electrons. The fourth-order valence-corrected chi connectivity index (χ4v) is 5.87. The second-order valence-corrected chi connectivity index (χ2v) is 10.0. The fraction of sp³-hybridized carbons (Fsp3) is 0.526. The third kappa shape index (κ3) is 4.36. The Kier molecular flexibility index (Phi) is 5.20. The van der Waals surface area contributed by atoms with Gasteiger partial charge < -0.3 is 20.4 Å². The monoisotopic (exact) mass is 420 g/mol. The van der Waals surface area contributed by atoms with Crippen LogP contribution in [0.4, 0.5) is 11.4 Å². The lowest BCUT2D eigenvalue weighted by molar-refractivity contribution is -0.129. The van der Waals surface area contributed by atoms with Crippen molar-refractivity contribution in [3.63, 3.8) is 0 Å². The van der Waals surface area contributed by atoms with Gasteiger partial charge in [0.05, 0.1) is 24.0 Å². The summed E-state index contributed by atoms with van der Waals surface area (Å²) in [4.78, 5) is 39.9. The van der Waals surface area contributed by atoms with E-state index in [4.69, 9.17) is 0 Å². The van der Waals surface area contributed by atoms with Gasteiger partial charge in [0.2, 0.25) is 17.7 Å². The van der Waals surface area contributed by atoms with Crippen LogP contribution in [0, 0.1) is 5.92 Å². The molecule has 3 heterocycles. The number of hydrogen-bond donors (Lipinski definition) is 2. The summed E-state index contributed by atoms with van der Waals surface area (Å²) < 4.78 is 23.4. The van der Waals surface area contributed by atoms with Crippen molar-refractivity contribution < 1.29 is 22.8 Å². The minimum absolute atomic E-state index is 0.0108. The molecule has 0 bridgehead atoms. The molecule has 29 heavy (non-hydrogen) atoms. The third-order valence-corrected chi connectivity index (χ3v) is 7.47. The Hall–Kier alpha value is -2.62. The molecule has 3 aliphatic rings. The number of sulfone groups is 1. The van der Waals surface area contributed by atoms with Crippen molar-refractivity contribution in [2.75, 3.05) is 47.9 Å². The molecule has 1 aromatic rings. The van der Waals surface area contributed by atoms with E-state index in [1.165, 1.54) is 0 Å². The van der Waals surface area contributed by atoms with Gasteiger partial charge in [0.1, 0.15) is 0 Å². The van der Waals surface area contributed by atoms with Crippen LogP contribution in [0.15, 0.2) is 24.3 Å². The molecule has 3 aliphatic heterocycles. The van der Waals surface area contributed by atoms with Gasteiger partial charge >= 0.3 is 0 Å². The van der Waals surface area contributed by atoms with Crippen LogP contribution in [0.3, 0.4) is 0 Å². The molecule has 3 amide bonds. The fourth-order valence-electron chi connectivity index (χ4n) is 4.14. The lowest BCUT2D eigenvalue weighted by atomic mass is 10.1. The Morgan fingerprint density at radius 1 is 1.17 bits per heavy atom. The molecule has 0 aliphatic carbocycles. The predicted molar refractivity (Wildman–Crippen MR) is 107 cm³/mol. The van der Waals surface area contributed by atoms with Crippen molar-refractivity contribution in [2.24, 2.45) is 5.92 Å². The average Bonchev–Trinajstić information content (AvgIpc) is 3.24. The Bertz CT molecular complexity index is 930. The maximum absolute atomic E-state index is 12.6. The van der Waals surface area contributed by atoms with Crippen LogP contribution in [0.25, 0.3) is 0 Å². The zero-order valence-corrected chi connectivity index (χ0v) is 16.8. The Morgan fingerprint density at radius 2 is 1.93 bits per heavy atom. The van der Waals surface area contributed by atoms with E-state index in [0.717, 1.165) is 12.2 Å². The standard InChI is InChI=1S/C19H24N4O5S/c24-17-11-22(7-6-20-17)15-3-1-14(2-4-15)21-19(26)13-9-18(25)23(10-13)16-5-8-29(27,28)12-16/h1-4,13,16H,5-12H2,(H,20,24)(H,21,26). The molecule has 2 N–H and O–H groups in total. The minimum Gasteiger partial charge on any atom is -0.360 e. The van der Waals surface area contributed by atoms with Crippen LogP contribution < -0.4 is 15.5 Å². The SMILES string of the molecule is O=C1CN(c2ccc(NC(=O)C3CC(=O)N(C4CCS(=O)(=O)C4)C3)cc2)CCN1. The van der Waals surface area contributed by atoms with Gasteiger partial charge in [-0.1, -0.05) is 0 Å². The smallest absolute Gasteiger partial charge is 0.239 e. The first kappa shape index (κ1) is 19.7. The maximum atomic E-state index is 12.6. The van der Waals surface area contributed by atoms with E-state index in [9.17, 15) is 22.8 Å². The summed E-state index contributed by atoms with van der Waals surface area (Å²) in [5.41, 5.74) is 1.53. The zero-order valence-electron chi connectivity index (χ0n) is 16.0. The van der Waals surface area contributed by atoms with E-state index < -0.39 is 15.8 Å². The molecule has 3 fully saturated rings. The summed E-state index contributed by atoms with van der Waals surface area (Å²) in [7, 11) is -3.08. The van der Waals surface area contributed by atoms with Crippen LogP contribution in [-0.4, -0.2) is 74.8 Å². The van der Waals surface area contributed by atoms with Crippen LogP contribution in [0.2, 0.25) is 0 Å². The van der Waals surface area contributed by atoms with Gasteiger partial charge in [-0.05, 0) is 30.7 Å². The number of amides is 3. The van der Waals surface area contributed by atoms with Crippen molar-refractivity contribution in [2.45, 2.75) is 18.9 Å². The van der Waals surface area contributed by atoms with Crippen LogP contribution >= 0.6 is 0 Å². The van der Waals surface area contributed by atoms with Crippen molar-refractivity contribution in [1.82, 2.24) is 10.2 Å². The second-order valence-electron chi connectivity index (χ2n) is 7.81. The summed E-state index contributed by atoms with van der Waals surface area (Å²) in [6.07, 6.45) is 0.543. The highest BCUT2D eigenvalue weighted by molar-refractivity contribution is 7.91. The number of piperazine rings is 1. The Labute approximate surface area is 169 Å². The molecule has 3 saturated heterocycles. The minimum atomic E-state index is -3.08. The first-order valence-electron chi connectivity index (χ1n) is 9.73. The highest BCUT2D eigenvalue weighted by atomic mass is 32.2. The first-order chi connectivity index (χ1) is 13.8. The molecule has 0 saturated carbocycles. The maximum Gasteiger partial charge on any atom is 0.239 e. The topological polar surface area (TPSA) is 116 Å². The van der Waals surface area contributed by atoms with E-state index in [0.29, 0.717) is 25.2 Å². The number of likely N-dealkylation sites (tertiary alicyclic amines) is 1. The molecule has 0 spiro atoms. The van der Waals surface area contributed by atoms with E-state index in [1.54, 1.807) is 17.0 Å². The van der Waals surface area contributed by atoms with Crippen LogP contribution in [0.1, 0.15) is 12.8 Å². The average molecular weight is 420 g/mol. The summed E-state index contributed by atoms with van der Waals surface area (Å²) in [5.74, 6) is -0.819. The number of rotatable bonds is 4. The Morgan fingerprint density at radius 3 is 2.59 bits per heavy atom. The lowest BCUT2D eigenvalue weighted by Crippen LogP contribution is -2.47. The van der Waals surface area contributed by atoms with Crippen molar-refractivity contribution >= 4 is 38.9 Å². The predicted octanol–water partition coefficient (Wildman–Crippen LogP) is -0.403. The summed E-state index contributed by atoms with van der Waals surface area (Å²) in [6, 6.07) is 6.94. The van der Waals surface area contributed by atoms with Gasteiger partial charge in [0.25, 0.3) is 0 Å². The van der Waals surface area contributed by atoms with Crippen molar-refractivity contribution in [3.05, 3.63) is 24.3 Å². The molecular formula is C19H24N4O5S. The van der Waals surface area contributed by atoms with E-state index >= 15 is 0 Å². The van der Waals surface area contributed by atoms with Crippen molar-refractivity contribution in [3.8, 4) is 0 Å². The largest absolute Gasteiger partial charge is 0.360 e. The first-order valence-corrected chi connectivity index (χ1v) is 11.6. The van der Waals surface area contributed by atoms with Gasteiger partial charge in [-0.3, -0.25) is 14.4 Å². The van der Waals surface area contributed by atoms with Gasteiger partial charge in [0, 0.05) is 43.5 Å². The third-order valence-electron chi connectivity index (χ3n) is 5.72. The summed E-state index contributed by atoms with van der Waals surface area (Å²) in [6.45, 7) is 1.90. The van der Waals surface area contributed by atoms with E-state index in [1.807, 2.05) is 17.0 Å². The number of nitrogens with one attached hydrogen (secondary N) is 2. The molecule has 0 aromatic heterocycles. The van der Waals surface area contributed by atoms with Crippen molar-refractivity contribution in [1.29, 1.82) is 0 Å². The van der Waals surface area contributed by atoms with Crippen LogP contribution in [0.5, 0.6) is 0 Å². The number of carbonyl (C=O) groups is 3. The highest BCUT2D eigenvalue weighted by Crippen LogP contribution is 2.27. The molecule has 10 heteroatoms. The van der Waals surface area contributed by atoms with Gasteiger partial charge in [-0.2, -0.15) is 0 Å². The Balaban J connectivity index is 1.35. The summed E-state index contributed by atoms with van der Waals surface area (Å²) >= 11 is 0. The molecule has 4 rings (SSSR count). The lowest BCUT2D eigenvalue weighted by Gasteiger charge is -2.28. The second kappa shape index (κ2) is 7.66. The van der Waals surface area contributed by atoms with Crippen LogP contribution in [-0.2, 0) is 24.2 Å². The summed E-state index contributed by atoms with van der Waals surface area (Å²) in [5, 5.41) is 5.62. The number of nitrogens with zero attached hydrogens (tertiary/aromatic N) is 2. The van der Waals surface area contributed by atoms with Gasteiger partial charge in [0.15, 0.2) is 9.84 Å². The number of hydrogen-bond acceptors (Lipinski definition) is 6. The zero-order chi connectivity index (χ0) is 20.6. The van der Waals surface area contributed by atoms with Gasteiger partial charge in [-0.25, -0.2) is 8.42 Å². The highest BCUT2D eigenvalue weighted by Gasteiger charge is 2.41. The van der Waals surface area contributed by atoms with E-state index in [2.05, 4.69) is 10.6 Å². The number of benzene rings is 1. The van der Waals surface area contributed by atoms with E-state index in [-0.39, 0.29) is 48.2 Å². The molecule has 9 nitrogen and oxygen atoms in total. The molecular weight excluding hydrogens is 396 g/mol. The molecule has 1 aromatic carbocycles. The molecule has 2 atom stereocenters. The molecule has 2 unspecified atom stereocenters. The number of carbonyl (C=O) groups excluding carboxylic acids is 3. The molecule has 0 radical (unpaired) electrons.